The summed E-state index contributed by atoms with van der Waals surface area (Å²) in [6, 6.07) is 4.49. The van der Waals surface area contributed by atoms with Gasteiger partial charge in [0.2, 0.25) is 0 Å². The molecule has 0 bridgehead atoms. The molecule has 0 spiro atoms. The topological polar surface area (TPSA) is 43.1 Å². The van der Waals surface area contributed by atoms with Crippen molar-refractivity contribution in [3.8, 4) is 0 Å². The fraction of sp³-hybridized carbons (Fsp3) is 0.462. The predicted octanol–water partition coefficient (Wildman–Crippen LogP) is 2.96. The van der Waals surface area contributed by atoms with E-state index in [2.05, 4.69) is 0 Å². The molecule has 94 valence electrons. The van der Waals surface area contributed by atoms with E-state index in [0.717, 1.165) is 0 Å². The molecule has 1 aromatic rings. The third-order valence-corrected chi connectivity index (χ3v) is 3.03. The van der Waals surface area contributed by atoms with Crippen LogP contribution in [0.2, 0.25) is 5.02 Å². The molecule has 0 aliphatic heterocycles. The van der Waals surface area contributed by atoms with Crippen LogP contribution in [0.4, 0.5) is 4.39 Å². The maximum atomic E-state index is 13.5. The molecule has 0 radical (unpaired) electrons. The van der Waals surface area contributed by atoms with E-state index in [-0.39, 0.29) is 35.6 Å². The number of hydrogen-bond donors (Lipinski definition) is 1. The summed E-state index contributed by atoms with van der Waals surface area (Å²) in [6.45, 7) is 3.91. The van der Waals surface area contributed by atoms with Gasteiger partial charge in [-0.2, -0.15) is 0 Å². The lowest BCUT2D eigenvalue weighted by atomic mass is 9.96. The fourth-order valence-corrected chi connectivity index (χ4v) is 1.66. The van der Waals surface area contributed by atoms with E-state index in [1.165, 1.54) is 6.07 Å². The molecule has 1 unspecified atom stereocenters. The maximum Gasteiger partial charge on any atom is 0.145 e. The van der Waals surface area contributed by atoms with Crippen molar-refractivity contribution in [2.45, 2.75) is 32.7 Å². The number of hydrogen-bond acceptors (Lipinski definition) is 2. The van der Waals surface area contributed by atoms with Crippen molar-refractivity contribution >= 4 is 17.4 Å². The Balaban J connectivity index is 2.66. The quantitative estimate of drug-likeness (QED) is 0.881. The summed E-state index contributed by atoms with van der Waals surface area (Å²) in [7, 11) is 0. The van der Waals surface area contributed by atoms with Crippen molar-refractivity contribution in [2.75, 3.05) is 0 Å². The normalized spacial score (nSPS) is 12.8. The Morgan fingerprint density at radius 1 is 1.47 bits per heavy atom. The highest BCUT2D eigenvalue weighted by molar-refractivity contribution is 6.30. The summed E-state index contributed by atoms with van der Waals surface area (Å²) >= 11 is 5.64. The molecule has 1 aromatic carbocycles. The highest BCUT2D eigenvalue weighted by atomic mass is 35.5. The predicted molar refractivity (Wildman–Crippen MR) is 67.6 cm³/mol. The van der Waals surface area contributed by atoms with Gasteiger partial charge in [0.15, 0.2) is 0 Å². The van der Waals surface area contributed by atoms with Crippen LogP contribution in [0.15, 0.2) is 18.2 Å². The molecule has 0 saturated carbocycles. The molecule has 0 amide bonds. The molecule has 0 aromatic heterocycles. The smallest absolute Gasteiger partial charge is 0.145 e. The molecule has 0 heterocycles. The minimum Gasteiger partial charge on any atom is -0.327 e. The lowest BCUT2D eigenvalue weighted by molar-refractivity contribution is -0.119. The van der Waals surface area contributed by atoms with Gasteiger partial charge in [0.1, 0.15) is 11.6 Å². The van der Waals surface area contributed by atoms with E-state index in [4.69, 9.17) is 17.3 Å². The Kier molecular flexibility index (Phi) is 5.09. The van der Waals surface area contributed by atoms with E-state index < -0.39 is 5.82 Å². The molecule has 2 N–H and O–H groups in total. The van der Waals surface area contributed by atoms with Crippen molar-refractivity contribution < 1.29 is 9.18 Å². The van der Waals surface area contributed by atoms with E-state index in [1.54, 1.807) is 12.1 Å². The highest BCUT2D eigenvalue weighted by Crippen LogP contribution is 2.19. The van der Waals surface area contributed by atoms with Gasteiger partial charge in [-0.05, 0) is 17.5 Å². The highest BCUT2D eigenvalue weighted by Gasteiger charge is 2.15. The van der Waals surface area contributed by atoms with Crippen LogP contribution in [0.3, 0.4) is 0 Å². The average molecular weight is 258 g/mol. The van der Waals surface area contributed by atoms with Gasteiger partial charge in [-0.15, -0.1) is 0 Å². The van der Waals surface area contributed by atoms with Gasteiger partial charge in [-0.1, -0.05) is 37.6 Å². The van der Waals surface area contributed by atoms with Gasteiger partial charge < -0.3 is 5.73 Å². The van der Waals surface area contributed by atoms with Crippen LogP contribution in [0.1, 0.15) is 25.8 Å². The number of carbonyl (C=O) groups is 1. The van der Waals surface area contributed by atoms with Crippen LogP contribution in [0.5, 0.6) is 0 Å². The molecular formula is C13H17ClFNO. The van der Waals surface area contributed by atoms with Crippen LogP contribution in [-0.2, 0) is 11.2 Å². The number of rotatable bonds is 5. The van der Waals surface area contributed by atoms with Crippen LogP contribution in [0, 0.1) is 11.7 Å². The zero-order valence-corrected chi connectivity index (χ0v) is 10.8. The molecule has 1 atom stereocenters. The van der Waals surface area contributed by atoms with Crippen molar-refractivity contribution in [2.24, 2.45) is 11.7 Å². The van der Waals surface area contributed by atoms with Gasteiger partial charge in [0.25, 0.3) is 0 Å². The second kappa shape index (κ2) is 6.12. The SMILES string of the molecule is CC(C)C(N)CC(=O)Cc1cccc(Cl)c1F. The standard InChI is InChI=1S/C13H17ClFNO/c1-8(2)12(16)7-10(17)6-9-4-3-5-11(14)13(9)15/h3-5,8,12H,6-7,16H2,1-2H3. The first kappa shape index (κ1) is 14.1. The summed E-state index contributed by atoms with van der Waals surface area (Å²) < 4.78 is 13.5. The van der Waals surface area contributed by atoms with Gasteiger partial charge >= 0.3 is 0 Å². The third-order valence-electron chi connectivity index (χ3n) is 2.74. The first-order valence-corrected chi connectivity index (χ1v) is 5.99. The Hall–Kier alpha value is -0.930. The minimum atomic E-state index is -0.513. The van der Waals surface area contributed by atoms with Crippen molar-refractivity contribution in [3.63, 3.8) is 0 Å². The van der Waals surface area contributed by atoms with Crippen LogP contribution >= 0.6 is 11.6 Å². The minimum absolute atomic E-state index is 0.0449. The largest absolute Gasteiger partial charge is 0.327 e. The first-order valence-electron chi connectivity index (χ1n) is 5.62. The molecule has 0 aliphatic rings. The molecule has 17 heavy (non-hydrogen) atoms. The van der Waals surface area contributed by atoms with Crippen LogP contribution in [0.25, 0.3) is 0 Å². The summed E-state index contributed by atoms with van der Waals surface area (Å²) in [4.78, 5) is 11.7. The first-order chi connectivity index (χ1) is 7.91. The molecule has 2 nitrogen and oxygen atoms in total. The van der Waals surface area contributed by atoms with E-state index in [1.807, 2.05) is 13.8 Å². The Morgan fingerprint density at radius 3 is 2.71 bits per heavy atom. The van der Waals surface area contributed by atoms with Gasteiger partial charge in [0.05, 0.1) is 5.02 Å². The van der Waals surface area contributed by atoms with Gasteiger partial charge in [-0.25, -0.2) is 4.39 Å². The van der Waals surface area contributed by atoms with Crippen LogP contribution in [-0.4, -0.2) is 11.8 Å². The molecule has 4 heteroatoms. The Morgan fingerprint density at radius 2 is 2.12 bits per heavy atom. The zero-order valence-electron chi connectivity index (χ0n) is 10.0. The number of Topliss-reactive ketones (excluding diaryl/α,β-unsaturated/α-hetero) is 1. The van der Waals surface area contributed by atoms with Crippen LogP contribution < -0.4 is 5.73 Å². The Bertz CT molecular complexity index is 406. The number of carbonyl (C=O) groups excluding carboxylic acids is 1. The number of halogens is 2. The molecule has 0 saturated heterocycles. The average Bonchev–Trinajstić information content (AvgIpc) is 2.24. The maximum absolute atomic E-state index is 13.5. The fourth-order valence-electron chi connectivity index (χ4n) is 1.47. The second-order valence-corrected chi connectivity index (χ2v) is 4.95. The van der Waals surface area contributed by atoms with Gasteiger partial charge in [-0.3, -0.25) is 4.79 Å². The summed E-state index contributed by atoms with van der Waals surface area (Å²) in [5, 5.41) is 0.0449. The molecule has 0 aliphatic carbocycles. The monoisotopic (exact) mass is 257 g/mol. The number of nitrogens with two attached hydrogens (primary N) is 1. The Labute approximate surface area is 106 Å². The van der Waals surface area contributed by atoms with Crippen molar-refractivity contribution in [3.05, 3.63) is 34.6 Å². The summed E-state index contributed by atoms with van der Waals surface area (Å²) in [6.07, 6.45) is 0.316. The molecule has 1 rings (SSSR count). The number of benzene rings is 1. The number of ketones is 1. The second-order valence-electron chi connectivity index (χ2n) is 4.54. The summed E-state index contributed by atoms with van der Waals surface area (Å²) in [5.74, 6) is -0.337. The van der Waals surface area contributed by atoms with E-state index in [0.29, 0.717) is 5.56 Å². The van der Waals surface area contributed by atoms with E-state index >= 15 is 0 Å². The zero-order chi connectivity index (χ0) is 13.0. The molecular weight excluding hydrogens is 241 g/mol. The summed E-state index contributed by atoms with van der Waals surface area (Å²) in [5.41, 5.74) is 6.13. The lowest BCUT2D eigenvalue weighted by Crippen LogP contribution is -2.29. The van der Waals surface area contributed by atoms with Gasteiger partial charge in [0, 0.05) is 18.9 Å². The molecule has 0 fully saturated rings. The van der Waals surface area contributed by atoms with Crippen molar-refractivity contribution in [1.82, 2.24) is 0 Å². The lowest BCUT2D eigenvalue weighted by Gasteiger charge is -2.14. The van der Waals surface area contributed by atoms with Crippen molar-refractivity contribution in [1.29, 1.82) is 0 Å². The third kappa shape index (κ3) is 4.10. The van der Waals surface area contributed by atoms with E-state index in [9.17, 15) is 9.18 Å².